The Hall–Kier alpha value is -1.20. The van der Waals surface area contributed by atoms with Crippen LogP contribution in [-0.4, -0.2) is 24.1 Å². The number of fused-ring (bicyclic) bond motifs is 1. The van der Waals surface area contributed by atoms with Crippen LogP contribution in [0.1, 0.15) is 0 Å². The molecule has 0 aliphatic carbocycles. The standard InChI is InChI=1S/C10H9ClN2O2S/c1-13(10(11)15)6-2-3-8-7(4-6)12-9(14)5-16-8/h2-4H,5H2,1H3,(H,12,14). The molecule has 0 aromatic heterocycles. The van der Waals surface area contributed by atoms with E-state index in [1.807, 2.05) is 6.07 Å². The van der Waals surface area contributed by atoms with Crippen LogP contribution in [0.3, 0.4) is 0 Å². The summed E-state index contributed by atoms with van der Waals surface area (Å²) in [7, 11) is 1.58. The summed E-state index contributed by atoms with van der Waals surface area (Å²) in [5.41, 5.74) is 1.38. The van der Waals surface area contributed by atoms with E-state index in [9.17, 15) is 9.59 Å². The maximum atomic E-state index is 11.2. The maximum Gasteiger partial charge on any atom is 0.320 e. The number of amides is 2. The monoisotopic (exact) mass is 256 g/mol. The van der Waals surface area contributed by atoms with Crippen molar-refractivity contribution in [1.29, 1.82) is 0 Å². The van der Waals surface area contributed by atoms with Crippen molar-refractivity contribution < 1.29 is 9.59 Å². The second kappa shape index (κ2) is 4.35. The van der Waals surface area contributed by atoms with Crippen LogP contribution in [0.25, 0.3) is 0 Å². The number of thioether (sulfide) groups is 1. The molecule has 84 valence electrons. The first-order valence-electron chi connectivity index (χ1n) is 4.58. The minimum Gasteiger partial charge on any atom is -0.324 e. The summed E-state index contributed by atoms with van der Waals surface area (Å²) < 4.78 is 0. The number of nitrogens with zero attached hydrogens (tertiary/aromatic N) is 1. The molecule has 0 atom stereocenters. The highest BCUT2D eigenvalue weighted by Gasteiger charge is 2.17. The fourth-order valence-electron chi connectivity index (χ4n) is 1.38. The molecule has 6 heteroatoms. The number of nitrogens with one attached hydrogen (secondary N) is 1. The topological polar surface area (TPSA) is 49.4 Å². The Kier molecular flexibility index (Phi) is 3.07. The molecular weight excluding hydrogens is 248 g/mol. The molecule has 2 rings (SSSR count). The summed E-state index contributed by atoms with van der Waals surface area (Å²) in [6.45, 7) is 0. The van der Waals surface area contributed by atoms with E-state index in [0.717, 1.165) is 10.6 Å². The van der Waals surface area contributed by atoms with Crippen molar-refractivity contribution in [2.45, 2.75) is 4.90 Å². The molecule has 2 amide bonds. The van der Waals surface area contributed by atoms with E-state index in [2.05, 4.69) is 5.32 Å². The number of hydrogen-bond donors (Lipinski definition) is 1. The molecule has 1 N–H and O–H groups in total. The molecule has 0 spiro atoms. The van der Waals surface area contributed by atoms with Crippen molar-refractivity contribution in [3.8, 4) is 0 Å². The van der Waals surface area contributed by atoms with E-state index >= 15 is 0 Å². The fourth-order valence-corrected chi connectivity index (χ4v) is 2.27. The second-order valence-corrected chi connectivity index (χ2v) is 4.67. The molecule has 0 unspecified atom stereocenters. The van der Waals surface area contributed by atoms with E-state index < -0.39 is 5.37 Å². The maximum absolute atomic E-state index is 11.2. The third kappa shape index (κ3) is 2.15. The van der Waals surface area contributed by atoms with Crippen LogP contribution in [0.5, 0.6) is 0 Å². The van der Waals surface area contributed by atoms with Crippen molar-refractivity contribution >= 4 is 46.0 Å². The largest absolute Gasteiger partial charge is 0.324 e. The highest BCUT2D eigenvalue weighted by molar-refractivity contribution is 8.00. The third-order valence-corrected chi connectivity index (χ3v) is 3.57. The minimum atomic E-state index is -0.560. The van der Waals surface area contributed by atoms with Gasteiger partial charge in [0.15, 0.2) is 0 Å². The fraction of sp³-hybridized carbons (Fsp3) is 0.200. The van der Waals surface area contributed by atoms with Gasteiger partial charge in [0.1, 0.15) is 0 Å². The van der Waals surface area contributed by atoms with Crippen LogP contribution in [0.2, 0.25) is 0 Å². The zero-order valence-corrected chi connectivity index (χ0v) is 10.1. The average molecular weight is 257 g/mol. The lowest BCUT2D eigenvalue weighted by atomic mass is 10.2. The van der Waals surface area contributed by atoms with Gasteiger partial charge < -0.3 is 10.2 Å². The van der Waals surface area contributed by atoms with Gasteiger partial charge in [-0.1, -0.05) is 0 Å². The van der Waals surface area contributed by atoms with E-state index in [4.69, 9.17) is 11.6 Å². The highest BCUT2D eigenvalue weighted by Crippen LogP contribution is 2.34. The summed E-state index contributed by atoms with van der Waals surface area (Å²) in [5.74, 6) is 0.394. The lowest BCUT2D eigenvalue weighted by molar-refractivity contribution is -0.113. The molecule has 0 fully saturated rings. The lowest BCUT2D eigenvalue weighted by Crippen LogP contribution is -2.22. The molecule has 0 radical (unpaired) electrons. The van der Waals surface area contributed by atoms with Gasteiger partial charge in [-0.2, -0.15) is 0 Å². The first kappa shape index (κ1) is 11.3. The number of carbonyl (C=O) groups is 2. The zero-order chi connectivity index (χ0) is 11.7. The second-order valence-electron chi connectivity index (χ2n) is 3.33. The van der Waals surface area contributed by atoms with E-state index in [1.165, 1.54) is 16.7 Å². The van der Waals surface area contributed by atoms with E-state index in [-0.39, 0.29) is 5.91 Å². The lowest BCUT2D eigenvalue weighted by Gasteiger charge is -2.20. The summed E-state index contributed by atoms with van der Waals surface area (Å²) >= 11 is 6.85. The molecule has 1 aliphatic heterocycles. The Labute approximate surface area is 102 Å². The van der Waals surface area contributed by atoms with Gasteiger partial charge in [0.05, 0.1) is 11.4 Å². The summed E-state index contributed by atoms with van der Waals surface area (Å²) in [6, 6.07) is 5.40. The number of benzene rings is 1. The molecule has 1 aliphatic rings. The van der Waals surface area contributed by atoms with Crippen LogP contribution in [0.4, 0.5) is 16.2 Å². The molecule has 0 saturated heterocycles. The SMILES string of the molecule is CN(C(=O)Cl)c1ccc2c(c1)NC(=O)CS2. The van der Waals surface area contributed by atoms with Crippen LogP contribution < -0.4 is 10.2 Å². The Morgan fingerprint density at radius 1 is 1.56 bits per heavy atom. The van der Waals surface area contributed by atoms with Gasteiger partial charge >= 0.3 is 5.37 Å². The van der Waals surface area contributed by atoms with Gasteiger partial charge in [0.2, 0.25) is 5.91 Å². The van der Waals surface area contributed by atoms with Gasteiger partial charge in [-0.3, -0.25) is 9.59 Å². The first-order valence-corrected chi connectivity index (χ1v) is 5.94. The number of carbonyl (C=O) groups excluding carboxylic acids is 2. The van der Waals surface area contributed by atoms with Crippen molar-refractivity contribution in [1.82, 2.24) is 0 Å². The number of anilines is 2. The van der Waals surface area contributed by atoms with Gasteiger partial charge in [-0.25, -0.2) is 0 Å². The van der Waals surface area contributed by atoms with E-state index in [0.29, 0.717) is 11.4 Å². The predicted molar refractivity (Wildman–Crippen MR) is 65.4 cm³/mol. The quantitative estimate of drug-likeness (QED) is 0.621. The smallest absolute Gasteiger partial charge is 0.320 e. The van der Waals surface area contributed by atoms with Gasteiger partial charge in [0.25, 0.3) is 0 Å². The van der Waals surface area contributed by atoms with Crippen LogP contribution in [0.15, 0.2) is 23.1 Å². The number of rotatable bonds is 1. The van der Waals surface area contributed by atoms with Gasteiger partial charge in [-0.05, 0) is 29.8 Å². The summed E-state index contributed by atoms with van der Waals surface area (Å²) in [5, 5.41) is 2.19. The predicted octanol–water partition coefficient (Wildman–Crippen LogP) is 2.53. The highest BCUT2D eigenvalue weighted by atomic mass is 35.5. The van der Waals surface area contributed by atoms with Crippen molar-refractivity contribution in [2.24, 2.45) is 0 Å². The van der Waals surface area contributed by atoms with Crippen LogP contribution >= 0.6 is 23.4 Å². The molecule has 1 aromatic rings. The van der Waals surface area contributed by atoms with Crippen LogP contribution in [-0.2, 0) is 4.79 Å². The minimum absolute atomic E-state index is 0.0329. The Morgan fingerprint density at radius 3 is 3.00 bits per heavy atom. The summed E-state index contributed by atoms with van der Waals surface area (Å²) in [6.07, 6.45) is 0. The number of hydrogen-bond acceptors (Lipinski definition) is 3. The van der Waals surface area contributed by atoms with Gasteiger partial charge in [-0.15, -0.1) is 11.8 Å². The third-order valence-electron chi connectivity index (χ3n) is 2.25. The average Bonchev–Trinajstić information content (AvgIpc) is 2.26. The molecular formula is C10H9ClN2O2S. The van der Waals surface area contributed by atoms with E-state index in [1.54, 1.807) is 19.2 Å². The molecule has 0 saturated carbocycles. The molecule has 1 aromatic carbocycles. The first-order chi connectivity index (χ1) is 7.58. The molecule has 0 bridgehead atoms. The Bertz CT molecular complexity index is 464. The van der Waals surface area contributed by atoms with Crippen molar-refractivity contribution in [2.75, 3.05) is 23.0 Å². The van der Waals surface area contributed by atoms with Crippen molar-refractivity contribution in [3.05, 3.63) is 18.2 Å². The Balaban J connectivity index is 2.34. The molecule has 1 heterocycles. The Morgan fingerprint density at radius 2 is 2.31 bits per heavy atom. The molecule has 4 nitrogen and oxygen atoms in total. The zero-order valence-electron chi connectivity index (χ0n) is 8.49. The van der Waals surface area contributed by atoms with Gasteiger partial charge in [0, 0.05) is 17.6 Å². The molecule has 16 heavy (non-hydrogen) atoms. The normalized spacial score (nSPS) is 14.0. The van der Waals surface area contributed by atoms with Crippen molar-refractivity contribution in [3.63, 3.8) is 0 Å². The number of halogens is 1. The van der Waals surface area contributed by atoms with Crippen LogP contribution in [0, 0.1) is 0 Å². The summed E-state index contributed by atoms with van der Waals surface area (Å²) in [4.78, 5) is 24.5.